The molecule has 176 valence electrons. The van der Waals surface area contributed by atoms with Crippen LogP contribution in [0.4, 0.5) is 0 Å². The Morgan fingerprint density at radius 2 is 1.94 bits per heavy atom. The molecule has 36 heavy (non-hydrogen) atoms. The second-order valence-corrected chi connectivity index (χ2v) is 8.34. The first-order valence-electron chi connectivity index (χ1n) is 11.0. The van der Waals surface area contributed by atoms with E-state index in [2.05, 4.69) is 16.2 Å². The zero-order valence-electron chi connectivity index (χ0n) is 19.0. The van der Waals surface area contributed by atoms with Crippen LogP contribution >= 0.6 is 0 Å². The van der Waals surface area contributed by atoms with Crippen LogP contribution in [0.5, 0.6) is 5.88 Å². The quantitative estimate of drug-likeness (QED) is 0.403. The molecule has 10 heteroatoms. The van der Waals surface area contributed by atoms with Crippen LogP contribution < -0.4 is 16.2 Å². The standard InChI is InChI=1S/C26H19N7O3/c1-32-26-21(22(31-32)19-12-15-4-2-3-5-18(15)35-19)20(17(13-27)24(29)36-26)14-6-8-16(9-7-14)33-11-10-30-25(33)23(28)34/h2-12,20H,29H2,1H3,(H2,28,34). The number of aryl methyl sites for hydroxylation is 1. The number of imidazole rings is 1. The number of hydrogen-bond acceptors (Lipinski definition) is 7. The average Bonchev–Trinajstić information content (AvgIpc) is 3.61. The molecule has 10 nitrogen and oxygen atoms in total. The lowest BCUT2D eigenvalue weighted by Gasteiger charge is -2.24. The van der Waals surface area contributed by atoms with Gasteiger partial charge in [-0.1, -0.05) is 30.3 Å². The number of hydrogen-bond donors (Lipinski definition) is 2. The number of rotatable bonds is 4. The molecular weight excluding hydrogens is 458 g/mol. The van der Waals surface area contributed by atoms with Gasteiger partial charge in [0.15, 0.2) is 5.76 Å². The highest BCUT2D eigenvalue weighted by atomic mass is 16.5. The number of furan rings is 1. The number of nitrogens with zero attached hydrogens (tertiary/aromatic N) is 5. The van der Waals surface area contributed by atoms with Crippen molar-refractivity contribution in [2.45, 2.75) is 5.92 Å². The maximum absolute atomic E-state index is 11.7. The molecule has 1 unspecified atom stereocenters. The molecule has 6 rings (SSSR count). The number of para-hydroxylation sites is 1. The van der Waals surface area contributed by atoms with E-state index in [9.17, 15) is 10.1 Å². The molecule has 1 atom stereocenters. The van der Waals surface area contributed by atoms with Gasteiger partial charge in [-0.15, -0.1) is 0 Å². The lowest BCUT2D eigenvalue weighted by atomic mass is 9.83. The van der Waals surface area contributed by atoms with E-state index in [0.717, 1.165) is 16.5 Å². The van der Waals surface area contributed by atoms with Crippen molar-refractivity contribution in [2.75, 3.05) is 0 Å². The molecule has 0 spiro atoms. The number of benzene rings is 2. The van der Waals surface area contributed by atoms with Crippen molar-refractivity contribution in [3.63, 3.8) is 0 Å². The fourth-order valence-electron chi connectivity index (χ4n) is 4.61. The van der Waals surface area contributed by atoms with Crippen molar-refractivity contribution < 1.29 is 13.9 Å². The van der Waals surface area contributed by atoms with E-state index in [0.29, 0.717) is 28.6 Å². The third-order valence-corrected chi connectivity index (χ3v) is 6.22. The second-order valence-electron chi connectivity index (χ2n) is 8.34. The number of aromatic nitrogens is 4. The molecule has 1 aliphatic rings. The molecule has 0 saturated heterocycles. The van der Waals surface area contributed by atoms with Crippen molar-refractivity contribution in [3.8, 4) is 29.1 Å². The monoisotopic (exact) mass is 477 g/mol. The van der Waals surface area contributed by atoms with Crippen LogP contribution in [0, 0.1) is 11.3 Å². The lowest BCUT2D eigenvalue weighted by molar-refractivity contribution is 0.0989. The summed E-state index contributed by atoms with van der Waals surface area (Å²) >= 11 is 0. The predicted octanol–water partition coefficient (Wildman–Crippen LogP) is 3.34. The van der Waals surface area contributed by atoms with E-state index in [1.165, 1.54) is 6.20 Å². The molecule has 0 radical (unpaired) electrons. The van der Waals surface area contributed by atoms with Gasteiger partial charge in [0.2, 0.25) is 17.6 Å². The number of carbonyl (C=O) groups excluding carboxylic acids is 1. The van der Waals surface area contributed by atoms with Crippen molar-refractivity contribution >= 4 is 16.9 Å². The van der Waals surface area contributed by atoms with Gasteiger partial charge in [0.25, 0.3) is 5.91 Å². The van der Waals surface area contributed by atoms with Crippen molar-refractivity contribution in [3.05, 3.63) is 95.4 Å². The zero-order chi connectivity index (χ0) is 25.0. The van der Waals surface area contributed by atoms with Crippen molar-refractivity contribution in [2.24, 2.45) is 18.5 Å². The van der Waals surface area contributed by atoms with Crippen LogP contribution in [0.15, 0.2) is 82.9 Å². The normalized spacial score (nSPS) is 14.9. The summed E-state index contributed by atoms with van der Waals surface area (Å²) in [6.07, 6.45) is 3.16. The molecular formula is C26H19N7O3. The minimum atomic E-state index is -0.633. The Labute approximate surface area is 204 Å². The molecule has 1 amide bonds. The molecule has 5 aromatic rings. The van der Waals surface area contributed by atoms with E-state index in [1.807, 2.05) is 54.6 Å². The minimum Gasteiger partial charge on any atom is -0.454 e. The fraction of sp³-hybridized carbons (Fsp3) is 0.0769. The molecule has 0 bridgehead atoms. The maximum atomic E-state index is 11.7. The molecule has 2 aromatic carbocycles. The van der Waals surface area contributed by atoms with E-state index < -0.39 is 11.8 Å². The van der Waals surface area contributed by atoms with Gasteiger partial charge in [-0.25, -0.2) is 9.67 Å². The number of nitrogens with two attached hydrogens (primary N) is 2. The van der Waals surface area contributed by atoms with Gasteiger partial charge >= 0.3 is 0 Å². The number of carbonyl (C=O) groups is 1. The minimum absolute atomic E-state index is 0.0175. The summed E-state index contributed by atoms with van der Waals surface area (Å²) in [5.41, 5.74) is 15.3. The molecule has 1 aliphatic heterocycles. The van der Waals surface area contributed by atoms with Crippen LogP contribution in [0.1, 0.15) is 27.7 Å². The Balaban J connectivity index is 1.51. The Bertz CT molecular complexity index is 1700. The first-order chi connectivity index (χ1) is 17.5. The first-order valence-corrected chi connectivity index (χ1v) is 11.0. The zero-order valence-corrected chi connectivity index (χ0v) is 19.0. The topological polar surface area (TPSA) is 151 Å². The molecule has 0 fully saturated rings. The van der Waals surface area contributed by atoms with E-state index in [-0.39, 0.29) is 17.3 Å². The highest BCUT2D eigenvalue weighted by Gasteiger charge is 2.37. The summed E-state index contributed by atoms with van der Waals surface area (Å²) in [4.78, 5) is 15.7. The number of allylic oxidation sites excluding steroid dienone is 1. The highest BCUT2D eigenvalue weighted by molar-refractivity contribution is 5.89. The van der Waals surface area contributed by atoms with Gasteiger partial charge in [0.1, 0.15) is 22.9 Å². The number of nitriles is 1. The van der Waals surface area contributed by atoms with Crippen molar-refractivity contribution in [1.82, 2.24) is 19.3 Å². The van der Waals surface area contributed by atoms with Gasteiger partial charge in [-0.05, 0) is 29.8 Å². The number of primary amides is 1. The van der Waals surface area contributed by atoms with Crippen LogP contribution in [0.3, 0.4) is 0 Å². The third-order valence-electron chi connectivity index (χ3n) is 6.22. The van der Waals surface area contributed by atoms with Crippen LogP contribution in [0.25, 0.3) is 28.1 Å². The maximum Gasteiger partial charge on any atom is 0.285 e. The summed E-state index contributed by atoms with van der Waals surface area (Å²) < 4.78 is 15.1. The third kappa shape index (κ3) is 3.14. The largest absolute Gasteiger partial charge is 0.454 e. The molecule has 0 aliphatic carbocycles. The van der Waals surface area contributed by atoms with E-state index >= 15 is 0 Å². The Hall–Kier alpha value is -5.30. The van der Waals surface area contributed by atoms with Crippen molar-refractivity contribution in [1.29, 1.82) is 5.26 Å². The highest BCUT2D eigenvalue weighted by Crippen LogP contribution is 2.47. The lowest BCUT2D eigenvalue weighted by Crippen LogP contribution is -2.22. The number of fused-ring (bicyclic) bond motifs is 2. The van der Waals surface area contributed by atoms with Gasteiger partial charge in [0.05, 0.1) is 11.5 Å². The summed E-state index contributed by atoms with van der Waals surface area (Å²) in [6.45, 7) is 0. The van der Waals surface area contributed by atoms with Crippen LogP contribution in [-0.4, -0.2) is 25.2 Å². The Kier molecular flexibility index (Phi) is 4.65. The Morgan fingerprint density at radius 3 is 2.67 bits per heavy atom. The summed E-state index contributed by atoms with van der Waals surface area (Å²) in [7, 11) is 1.75. The number of amides is 1. The Morgan fingerprint density at radius 1 is 1.17 bits per heavy atom. The molecule has 4 N–H and O–H groups in total. The average molecular weight is 477 g/mol. The van der Waals surface area contributed by atoms with Crippen LogP contribution in [0.2, 0.25) is 0 Å². The molecule has 3 aromatic heterocycles. The van der Waals surface area contributed by atoms with Gasteiger partial charge in [0, 0.05) is 30.5 Å². The van der Waals surface area contributed by atoms with E-state index in [1.54, 1.807) is 22.5 Å². The summed E-state index contributed by atoms with van der Waals surface area (Å²) in [6, 6.07) is 19.2. The SMILES string of the molecule is Cn1nc(-c2cc3ccccc3o2)c2c1OC(N)=C(C#N)C2c1ccc(-n2ccnc2C(N)=O)cc1. The van der Waals surface area contributed by atoms with Crippen LogP contribution in [-0.2, 0) is 7.05 Å². The number of ether oxygens (including phenoxy) is 1. The van der Waals surface area contributed by atoms with E-state index in [4.69, 9.17) is 20.6 Å². The van der Waals surface area contributed by atoms with Gasteiger partial charge < -0.3 is 20.6 Å². The van der Waals surface area contributed by atoms with Gasteiger partial charge in [-0.3, -0.25) is 9.36 Å². The molecule has 4 heterocycles. The summed E-state index contributed by atoms with van der Waals surface area (Å²) in [5.74, 6) is -0.0574. The fourth-order valence-corrected chi connectivity index (χ4v) is 4.61. The summed E-state index contributed by atoms with van der Waals surface area (Å²) in [5, 5.41) is 15.6. The smallest absolute Gasteiger partial charge is 0.285 e. The predicted molar refractivity (Wildman–Crippen MR) is 130 cm³/mol. The van der Waals surface area contributed by atoms with Gasteiger partial charge in [-0.2, -0.15) is 10.4 Å². The first kappa shape index (κ1) is 21.2. The molecule has 0 saturated carbocycles. The second kappa shape index (κ2) is 7.89.